The first kappa shape index (κ1) is 31.4. The third-order valence-corrected chi connectivity index (χ3v) is 9.73. The van der Waals surface area contributed by atoms with E-state index in [-0.39, 0.29) is 16.9 Å². The fraction of sp³-hybridized carbons (Fsp3) is 0.0909. The zero-order chi connectivity index (χ0) is 30.9. The zero-order valence-electron chi connectivity index (χ0n) is 23.5. The number of carbonyl (C=O) groups excluding carboxylic acids is 3. The third-order valence-electron chi connectivity index (χ3n) is 6.23. The van der Waals surface area contributed by atoms with Crippen molar-refractivity contribution in [2.45, 2.75) is 23.5 Å². The summed E-state index contributed by atoms with van der Waals surface area (Å²) in [5.41, 5.74) is 2.64. The number of carbonyl (C=O) groups is 3. The van der Waals surface area contributed by atoms with Crippen LogP contribution in [0.25, 0.3) is 16.6 Å². The van der Waals surface area contributed by atoms with Crippen molar-refractivity contribution in [3.05, 3.63) is 123 Å². The predicted molar refractivity (Wildman–Crippen MR) is 185 cm³/mol. The van der Waals surface area contributed by atoms with Crippen LogP contribution in [0.2, 0.25) is 0 Å². The van der Waals surface area contributed by atoms with E-state index in [2.05, 4.69) is 36.9 Å². The summed E-state index contributed by atoms with van der Waals surface area (Å²) in [4.78, 5) is 46.0. The van der Waals surface area contributed by atoms with Gasteiger partial charge in [-0.3, -0.25) is 14.4 Å². The van der Waals surface area contributed by atoms with E-state index < -0.39 is 11.8 Å². The lowest BCUT2D eigenvalue weighted by Gasteiger charge is -2.15. The number of thiophene rings is 1. The number of thiazole rings is 1. The molecule has 3 amide bonds. The maximum absolute atomic E-state index is 13.5. The van der Waals surface area contributed by atoms with Crippen molar-refractivity contribution in [1.29, 1.82) is 0 Å². The summed E-state index contributed by atoms with van der Waals surface area (Å²) in [5.74, 6) is -1.01. The molecule has 2 heterocycles. The molecule has 7 nitrogen and oxygen atoms in total. The number of hydrogen-bond acceptors (Lipinski definition) is 7. The molecule has 2 aromatic heterocycles. The molecule has 3 N–H and O–H groups in total. The lowest BCUT2D eigenvalue weighted by atomic mass is 10.1. The van der Waals surface area contributed by atoms with Gasteiger partial charge in [-0.25, -0.2) is 4.98 Å². The molecule has 0 saturated heterocycles. The molecule has 3 aromatic carbocycles. The highest BCUT2D eigenvalue weighted by Crippen LogP contribution is 2.31. The van der Waals surface area contributed by atoms with Crippen molar-refractivity contribution in [2.24, 2.45) is 0 Å². The van der Waals surface area contributed by atoms with Crippen LogP contribution in [0.4, 0.5) is 10.8 Å². The van der Waals surface area contributed by atoms with Crippen molar-refractivity contribution in [1.82, 2.24) is 10.3 Å². The summed E-state index contributed by atoms with van der Waals surface area (Å²) in [7, 11) is 0. The predicted octanol–water partition coefficient (Wildman–Crippen LogP) is 8.55. The van der Waals surface area contributed by atoms with Gasteiger partial charge in [0.05, 0.1) is 15.8 Å². The van der Waals surface area contributed by atoms with Crippen LogP contribution >= 0.6 is 50.4 Å². The minimum Gasteiger partial charge on any atom is -0.321 e. The molecule has 0 radical (unpaired) electrons. The Morgan fingerprint density at radius 3 is 2.50 bits per heavy atom. The summed E-state index contributed by atoms with van der Waals surface area (Å²) in [6, 6.07) is 27.4. The molecule has 0 spiro atoms. The van der Waals surface area contributed by atoms with Crippen LogP contribution in [0.5, 0.6) is 0 Å². The molecule has 5 rings (SSSR count). The number of thioether (sulfide) groups is 1. The molecular formula is C33H27BrN4O3S3. The summed E-state index contributed by atoms with van der Waals surface area (Å²) >= 11 is 7.86. The number of halogens is 1. The lowest BCUT2D eigenvalue weighted by Crippen LogP contribution is -2.30. The minimum atomic E-state index is -0.480. The molecule has 1 atom stereocenters. The molecule has 0 bridgehead atoms. The number of hydrogen-bond donors (Lipinski definition) is 3. The van der Waals surface area contributed by atoms with Gasteiger partial charge in [-0.15, -0.1) is 34.4 Å². The number of anilines is 2. The van der Waals surface area contributed by atoms with Crippen LogP contribution in [-0.2, 0) is 9.59 Å². The van der Waals surface area contributed by atoms with Crippen LogP contribution in [0.1, 0.15) is 29.3 Å². The van der Waals surface area contributed by atoms with E-state index in [1.165, 1.54) is 23.1 Å². The van der Waals surface area contributed by atoms with E-state index in [4.69, 9.17) is 0 Å². The van der Waals surface area contributed by atoms with Crippen LogP contribution < -0.4 is 16.0 Å². The van der Waals surface area contributed by atoms with Crippen LogP contribution in [0.15, 0.2) is 117 Å². The minimum absolute atomic E-state index is 0.0891. The summed E-state index contributed by atoms with van der Waals surface area (Å²) in [6.45, 7) is 1.95. The molecule has 44 heavy (non-hydrogen) atoms. The van der Waals surface area contributed by atoms with Crippen molar-refractivity contribution >= 4 is 85.0 Å². The van der Waals surface area contributed by atoms with Gasteiger partial charge < -0.3 is 16.0 Å². The number of benzene rings is 3. The van der Waals surface area contributed by atoms with Gasteiger partial charge in [-0.2, -0.15) is 0 Å². The van der Waals surface area contributed by atoms with Crippen molar-refractivity contribution in [2.75, 3.05) is 10.6 Å². The fourth-order valence-corrected chi connectivity index (χ4v) is 7.00. The van der Waals surface area contributed by atoms with Gasteiger partial charge >= 0.3 is 0 Å². The van der Waals surface area contributed by atoms with E-state index in [0.717, 1.165) is 25.5 Å². The van der Waals surface area contributed by atoms with E-state index >= 15 is 0 Å². The quantitative estimate of drug-likeness (QED) is 0.0946. The van der Waals surface area contributed by atoms with E-state index in [1.54, 1.807) is 47.7 Å². The van der Waals surface area contributed by atoms with Crippen molar-refractivity contribution in [3.63, 3.8) is 0 Å². The third kappa shape index (κ3) is 8.54. The summed E-state index contributed by atoms with van der Waals surface area (Å²) in [6.07, 6.45) is 2.22. The van der Waals surface area contributed by atoms with Gasteiger partial charge in [0.1, 0.15) is 5.70 Å². The number of nitrogens with zero attached hydrogens (tertiary/aromatic N) is 1. The van der Waals surface area contributed by atoms with Gasteiger partial charge in [0.2, 0.25) is 5.91 Å². The highest BCUT2D eigenvalue weighted by atomic mass is 79.9. The Balaban J connectivity index is 1.28. The molecule has 5 aromatic rings. The second kappa shape index (κ2) is 15.1. The van der Waals surface area contributed by atoms with E-state index in [0.29, 0.717) is 22.8 Å². The molecule has 1 unspecified atom stereocenters. The van der Waals surface area contributed by atoms with Gasteiger partial charge in [0.25, 0.3) is 11.8 Å². The molecule has 0 aliphatic carbocycles. The second-order valence-electron chi connectivity index (χ2n) is 9.43. The summed E-state index contributed by atoms with van der Waals surface area (Å²) in [5, 5.41) is 12.7. The van der Waals surface area contributed by atoms with Crippen LogP contribution in [0.3, 0.4) is 0 Å². The first-order valence-electron chi connectivity index (χ1n) is 13.6. The highest BCUT2D eigenvalue weighted by molar-refractivity contribution is 9.10. The SMILES string of the molecule is CCC(Sc1cccc(NC(=O)/C(=C\c2cccc(Br)c2)NC(=O)c2ccccc2)c1)C(=O)Nc1nc(-c2cccs2)cs1. The van der Waals surface area contributed by atoms with Crippen molar-refractivity contribution < 1.29 is 14.4 Å². The normalized spacial score (nSPS) is 11.9. The number of nitrogens with one attached hydrogen (secondary N) is 3. The highest BCUT2D eigenvalue weighted by Gasteiger charge is 2.21. The Kier molecular flexibility index (Phi) is 10.8. The largest absolute Gasteiger partial charge is 0.321 e. The Labute approximate surface area is 276 Å². The monoisotopic (exact) mass is 702 g/mol. The average Bonchev–Trinajstić information content (AvgIpc) is 3.73. The first-order chi connectivity index (χ1) is 21.4. The van der Waals surface area contributed by atoms with Gasteiger partial charge in [-0.1, -0.05) is 65.3 Å². The van der Waals surface area contributed by atoms with Gasteiger partial charge in [0, 0.05) is 26.0 Å². The molecular weight excluding hydrogens is 676 g/mol. The van der Waals surface area contributed by atoms with E-state index in [1.807, 2.05) is 78.3 Å². The van der Waals surface area contributed by atoms with E-state index in [9.17, 15) is 14.4 Å². The molecule has 0 fully saturated rings. The Morgan fingerprint density at radius 1 is 0.932 bits per heavy atom. The van der Waals surface area contributed by atoms with Crippen molar-refractivity contribution in [3.8, 4) is 10.6 Å². The smallest absolute Gasteiger partial charge is 0.272 e. The van der Waals surface area contributed by atoms with Gasteiger partial charge in [-0.05, 0) is 72.0 Å². The second-order valence-corrected chi connectivity index (χ2v) is 13.4. The number of aromatic nitrogens is 1. The Hall–Kier alpha value is -4.03. The summed E-state index contributed by atoms with van der Waals surface area (Å²) < 4.78 is 0.845. The topological polar surface area (TPSA) is 100 Å². The Bertz CT molecular complexity index is 1790. The Morgan fingerprint density at radius 2 is 1.75 bits per heavy atom. The number of rotatable bonds is 11. The van der Waals surface area contributed by atoms with Gasteiger partial charge in [0.15, 0.2) is 5.13 Å². The lowest BCUT2D eigenvalue weighted by molar-refractivity contribution is -0.116. The maximum atomic E-state index is 13.5. The van der Waals surface area contributed by atoms with Crippen LogP contribution in [0, 0.1) is 0 Å². The number of amides is 3. The molecule has 0 saturated carbocycles. The van der Waals surface area contributed by atoms with Crippen LogP contribution in [-0.4, -0.2) is 28.0 Å². The standard InChI is InChI=1S/C33H27BrN4O3S3/c1-2-28(32(41)38-33-37-27(20-43-33)29-15-8-16-42-29)44-25-14-7-13-24(19-25)35-31(40)26(18-21-9-6-12-23(34)17-21)36-30(39)22-10-4-3-5-11-22/h3-20,28H,2H2,1H3,(H,35,40)(H,36,39)(H,37,38,41)/b26-18+. The molecule has 0 aliphatic rings. The maximum Gasteiger partial charge on any atom is 0.272 e. The molecule has 11 heteroatoms. The molecule has 0 aliphatic heterocycles. The fourth-order valence-electron chi connectivity index (χ4n) is 4.09. The average molecular weight is 704 g/mol. The molecule has 222 valence electrons. The first-order valence-corrected chi connectivity index (χ1v) is 17.0. The zero-order valence-corrected chi connectivity index (χ0v) is 27.5.